The first kappa shape index (κ1) is 17.2. The van der Waals surface area contributed by atoms with E-state index in [2.05, 4.69) is 21.0 Å². The Labute approximate surface area is 155 Å². The van der Waals surface area contributed by atoms with E-state index < -0.39 is 0 Å². The lowest BCUT2D eigenvalue weighted by Crippen LogP contribution is -2.24. The second kappa shape index (κ2) is 7.94. The molecule has 0 atom stereocenters. The third-order valence-electron chi connectivity index (χ3n) is 3.78. The SMILES string of the molecule is CN(Cc1ccccc1Br)C(=O)/C=C/c1cnn(-c2ccccc2)c1. The van der Waals surface area contributed by atoms with Crippen molar-refractivity contribution in [1.29, 1.82) is 0 Å². The van der Waals surface area contributed by atoms with Crippen molar-refractivity contribution < 1.29 is 4.79 Å². The van der Waals surface area contributed by atoms with Crippen LogP contribution < -0.4 is 0 Å². The fourth-order valence-corrected chi connectivity index (χ4v) is 2.81. The Balaban J connectivity index is 1.64. The van der Waals surface area contributed by atoms with Gasteiger partial charge in [0.05, 0.1) is 11.9 Å². The van der Waals surface area contributed by atoms with Crippen molar-refractivity contribution in [2.24, 2.45) is 0 Å². The van der Waals surface area contributed by atoms with Crippen molar-refractivity contribution in [2.75, 3.05) is 7.05 Å². The second-order valence-corrected chi connectivity index (χ2v) is 6.53. The van der Waals surface area contributed by atoms with Crippen LogP contribution in [0.1, 0.15) is 11.1 Å². The predicted molar refractivity (Wildman–Crippen MR) is 103 cm³/mol. The van der Waals surface area contributed by atoms with Gasteiger partial charge in [-0.05, 0) is 29.8 Å². The molecular weight excluding hydrogens is 378 g/mol. The first-order valence-electron chi connectivity index (χ1n) is 7.90. The van der Waals surface area contributed by atoms with Gasteiger partial charge in [0, 0.05) is 35.9 Å². The van der Waals surface area contributed by atoms with E-state index in [0.717, 1.165) is 21.3 Å². The van der Waals surface area contributed by atoms with Crippen molar-refractivity contribution in [3.63, 3.8) is 0 Å². The molecule has 0 unspecified atom stereocenters. The average molecular weight is 396 g/mol. The molecule has 3 aromatic rings. The van der Waals surface area contributed by atoms with Crippen LogP contribution in [0.4, 0.5) is 0 Å². The van der Waals surface area contributed by atoms with Crippen molar-refractivity contribution >= 4 is 27.9 Å². The summed E-state index contributed by atoms with van der Waals surface area (Å²) in [6.45, 7) is 0.549. The van der Waals surface area contributed by atoms with Crippen LogP contribution in [-0.2, 0) is 11.3 Å². The zero-order chi connectivity index (χ0) is 17.6. The Morgan fingerprint density at radius 2 is 1.88 bits per heavy atom. The van der Waals surface area contributed by atoms with Gasteiger partial charge in [0.1, 0.15) is 0 Å². The highest BCUT2D eigenvalue weighted by atomic mass is 79.9. The smallest absolute Gasteiger partial charge is 0.246 e. The number of nitrogens with zero attached hydrogens (tertiary/aromatic N) is 3. The monoisotopic (exact) mass is 395 g/mol. The van der Waals surface area contributed by atoms with E-state index in [1.807, 2.05) is 60.8 Å². The number of likely N-dealkylation sites (N-methyl/N-ethyl adjacent to an activating group) is 1. The molecule has 5 heteroatoms. The Morgan fingerprint density at radius 1 is 1.16 bits per heavy atom. The van der Waals surface area contributed by atoms with E-state index in [1.54, 1.807) is 35.0 Å². The third-order valence-corrected chi connectivity index (χ3v) is 4.56. The number of para-hydroxylation sites is 1. The number of hydrogen-bond acceptors (Lipinski definition) is 2. The molecule has 3 rings (SSSR count). The molecule has 1 heterocycles. The second-order valence-electron chi connectivity index (χ2n) is 5.67. The minimum atomic E-state index is -0.0526. The van der Waals surface area contributed by atoms with Crippen LogP contribution in [0.15, 0.2) is 77.5 Å². The molecule has 0 bridgehead atoms. The molecule has 1 aromatic heterocycles. The number of carbonyl (C=O) groups excluding carboxylic acids is 1. The van der Waals surface area contributed by atoms with Gasteiger partial charge in [-0.25, -0.2) is 4.68 Å². The highest BCUT2D eigenvalue weighted by molar-refractivity contribution is 9.10. The molecular formula is C20H18BrN3O. The summed E-state index contributed by atoms with van der Waals surface area (Å²) in [5, 5.41) is 4.32. The molecule has 0 saturated carbocycles. The maximum absolute atomic E-state index is 12.3. The van der Waals surface area contributed by atoms with Gasteiger partial charge in [0.15, 0.2) is 0 Å². The van der Waals surface area contributed by atoms with E-state index in [4.69, 9.17) is 0 Å². The Bertz CT molecular complexity index is 887. The minimum absolute atomic E-state index is 0.0526. The largest absolute Gasteiger partial charge is 0.338 e. The lowest BCUT2D eigenvalue weighted by atomic mass is 10.2. The van der Waals surface area contributed by atoms with Gasteiger partial charge >= 0.3 is 0 Å². The molecule has 1 amide bonds. The molecule has 0 fully saturated rings. The van der Waals surface area contributed by atoms with Crippen LogP contribution in [0.25, 0.3) is 11.8 Å². The highest BCUT2D eigenvalue weighted by Crippen LogP contribution is 2.17. The summed E-state index contributed by atoms with van der Waals surface area (Å²) in [7, 11) is 1.79. The normalized spacial score (nSPS) is 11.0. The first-order valence-corrected chi connectivity index (χ1v) is 8.69. The van der Waals surface area contributed by atoms with Crippen LogP contribution in [-0.4, -0.2) is 27.6 Å². The summed E-state index contributed by atoms with van der Waals surface area (Å²) in [6.07, 6.45) is 6.99. The number of hydrogen-bond donors (Lipinski definition) is 0. The molecule has 126 valence electrons. The van der Waals surface area contributed by atoms with E-state index in [9.17, 15) is 4.79 Å². The summed E-state index contributed by atoms with van der Waals surface area (Å²) in [5.74, 6) is -0.0526. The third kappa shape index (κ3) is 4.45. The lowest BCUT2D eigenvalue weighted by molar-refractivity contribution is -0.125. The maximum atomic E-state index is 12.3. The number of amides is 1. The molecule has 0 aliphatic carbocycles. The van der Waals surface area contributed by atoms with E-state index in [1.165, 1.54) is 0 Å². The molecule has 0 aliphatic heterocycles. The predicted octanol–water partition coefficient (Wildman–Crippen LogP) is 4.31. The molecule has 0 spiro atoms. The quantitative estimate of drug-likeness (QED) is 0.603. The fraction of sp³-hybridized carbons (Fsp3) is 0.100. The molecule has 0 saturated heterocycles. The summed E-state index contributed by atoms with van der Waals surface area (Å²) < 4.78 is 2.79. The van der Waals surface area contributed by atoms with Gasteiger partial charge in [-0.3, -0.25) is 4.79 Å². The number of aromatic nitrogens is 2. The van der Waals surface area contributed by atoms with E-state index in [0.29, 0.717) is 6.54 Å². The fourth-order valence-electron chi connectivity index (χ4n) is 2.40. The van der Waals surface area contributed by atoms with Gasteiger partial charge in [-0.2, -0.15) is 5.10 Å². The van der Waals surface area contributed by atoms with Crippen LogP contribution in [0.5, 0.6) is 0 Å². The van der Waals surface area contributed by atoms with Crippen molar-refractivity contribution in [1.82, 2.24) is 14.7 Å². The lowest BCUT2D eigenvalue weighted by Gasteiger charge is -2.16. The molecule has 2 aromatic carbocycles. The van der Waals surface area contributed by atoms with Gasteiger partial charge in [0.25, 0.3) is 0 Å². The standard InChI is InChI=1S/C20H18BrN3O/c1-23(15-17-7-5-6-10-19(17)21)20(25)12-11-16-13-22-24(14-16)18-8-3-2-4-9-18/h2-14H,15H2,1H3/b12-11+. The van der Waals surface area contributed by atoms with Crippen LogP contribution >= 0.6 is 15.9 Å². The van der Waals surface area contributed by atoms with Gasteiger partial charge in [-0.1, -0.05) is 52.3 Å². The van der Waals surface area contributed by atoms with Gasteiger partial charge in [-0.15, -0.1) is 0 Å². The van der Waals surface area contributed by atoms with Gasteiger partial charge < -0.3 is 4.90 Å². The van der Waals surface area contributed by atoms with Crippen molar-refractivity contribution in [3.8, 4) is 5.69 Å². The number of rotatable bonds is 5. The van der Waals surface area contributed by atoms with Crippen molar-refractivity contribution in [2.45, 2.75) is 6.54 Å². The summed E-state index contributed by atoms with van der Waals surface area (Å²) in [6, 6.07) is 17.8. The maximum Gasteiger partial charge on any atom is 0.246 e. The highest BCUT2D eigenvalue weighted by Gasteiger charge is 2.08. The van der Waals surface area contributed by atoms with Crippen molar-refractivity contribution in [3.05, 3.63) is 88.7 Å². The van der Waals surface area contributed by atoms with E-state index >= 15 is 0 Å². The Kier molecular flexibility index (Phi) is 5.46. The number of carbonyl (C=O) groups is 1. The molecule has 0 N–H and O–H groups in total. The van der Waals surface area contributed by atoms with Crippen LogP contribution in [0.3, 0.4) is 0 Å². The molecule has 25 heavy (non-hydrogen) atoms. The summed E-state index contributed by atoms with van der Waals surface area (Å²) >= 11 is 3.51. The average Bonchev–Trinajstić information content (AvgIpc) is 3.11. The zero-order valence-corrected chi connectivity index (χ0v) is 15.4. The summed E-state index contributed by atoms with van der Waals surface area (Å²) in [5.41, 5.74) is 2.94. The Hall–Kier alpha value is -2.66. The van der Waals surface area contributed by atoms with Crippen LogP contribution in [0, 0.1) is 0 Å². The number of halogens is 1. The Morgan fingerprint density at radius 3 is 2.64 bits per heavy atom. The van der Waals surface area contributed by atoms with Crippen LogP contribution in [0.2, 0.25) is 0 Å². The molecule has 0 aliphatic rings. The molecule has 0 radical (unpaired) electrons. The van der Waals surface area contributed by atoms with E-state index in [-0.39, 0.29) is 5.91 Å². The minimum Gasteiger partial charge on any atom is -0.338 e. The number of benzene rings is 2. The topological polar surface area (TPSA) is 38.1 Å². The summed E-state index contributed by atoms with van der Waals surface area (Å²) in [4.78, 5) is 14.0. The molecule has 4 nitrogen and oxygen atoms in total. The van der Waals surface area contributed by atoms with Gasteiger partial charge in [0.2, 0.25) is 5.91 Å². The zero-order valence-electron chi connectivity index (χ0n) is 13.8. The first-order chi connectivity index (χ1) is 12.1.